The van der Waals surface area contributed by atoms with E-state index in [1.54, 1.807) is 25.3 Å². The number of rotatable bonds is 3. The summed E-state index contributed by atoms with van der Waals surface area (Å²) in [5, 5.41) is 0.407. The van der Waals surface area contributed by atoms with Gasteiger partial charge in [-0.05, 0) is 37.6 Å². The second kappa shape index (κ2) is 5.45. The molecule has 0 unspecified atom stereocenters. The molecule has 0 N–H and O–H groups in total. The molecule has 0 aliphatic heterocycles. The normalized spacial score (nSPS) is 10.3. The van der Waals surface area contributed by atoms with E-state index in [1.165, 1.54) is 0 Å². The summed E-state index contributed by atoms with van der Waals surface area (Å²) in [4.78, 5) is 12.5. The fourth-order valence-corrected chi connectivity index (χ4v) is 2.28. The molecule has 0 spiro atoms. The lowest BCUT2D eigenvalue weighted by Crippen LogP contribution is -2.05. The van der Waals surface area contributed by atoms with Crippen molar-refractivity contribution in [1.29, 1.82) is 0 Å². The molecule has 2 rings (SSSR count). The Morgan fingerprint density at radius 2 is 1.74 bits per heavy atom. The number of carbonyl (C=O) groups excluding carboxylic acids is 1. The van der Waals surface area contributed by atoms with E-state index in [1.807, 2.05) is 32.0 Å². The maximum atomic E-state index is 12.5. The van der Waals surface area contributed by atoms with Crippen LogP contribution in [0.4, 0.5) is 0 Å². The Balaban J connectivity index is 2.44. The van der Waals surface area contributed by atoms with Crippen molar-refractivity contribution in [2.75, 3.05) is 7.11 Å². The van der Waals surface area contributed by atoms with Crippen molar-refractivity contribution in [1.82, 2.24) is 0 Å². The fourth-order valence-electron chi connectivity index (χ4n) is 2.02. The third-order valence-corrected chi connectivity index (χ3v) is 3.36. The highest BCUT2D eigenvalue weighted by Gasteiger charge is 2.15. The lowest BCUT2D eigenvalue weighted by molar-refractivity contribution is 0.103. The van der Waals surface area contributed by atoms with Crippen LogP contribution in [0.1, 0.15) is 27.0 Å². The average Bonchev–Trinajstić information content (AvgIpc) is 2.37. The topological polar surface area (TPSA) is 26.3 Å². The molecule has 19 heavy (non-hydrogen) atoms. The maximum absolute atomic E-state index is 12.5. The molecule has 0 heterocycles. The Labute approximate surface area is 118 Å². The Kier molecular flexibility index (Phi) is 3.91. The third kappa shape index (κ3) is 2.79. The van der Waals surface area contributed by atoms with E-state index >= 15 is 0 Å². The molecule has 0 saturated carbocycles. The molecule has 0 aliphatic rings. The largest absolute Gasteiger partial charge is 0.497 e. The highest BCUT2D eigenvalue weighted by Crippen LogP contribution is 2.25. The van der Waals surface area contributed by atoms with Crippen LogP contribution in [0.5, 0.6) is 5.75 Å². The van der Waals surface area contributed by atoms with Gasteiger partial charge in [-0.2, -0.15) is 0 Å². The summed E-state index contributed by atoms with van der Waals surface area (Å²) in [7, 11) is 1.57. The summed E-state index contributed by atoms with van der Waals surface area (Å²) < 4.78 is 5.08. The standard InChI is InChI=1S/C16H15ClO2/c1-10-4-6-13(11(2)8-10)16(18)14-7-5-12(19-3)9-15(14)17/h4-9H,1-3H3. The van der Waals surface area contributed by atoms with Gasteiger partial charge in [0.15, 0.2) is 5.78 Å². The third-order valence-electron chi connectivity index (χ3n) is 3.05. The quantitative estimate of drug-likeness (QED) is 0.784. The summed E-state index contributed by atoms with van der Waals surface area (Å²) in [6.45, 7) is 3.93. The van der Waals surface area contributed by atoms with E-state index in [4.69, 9.17) is 16.3 Å². The summed E-state index contributed by atoms with van der Waals surface area (Å²) in [5.74, 6) is 0.576. The molecule has 0 amide bonds. The number of aryl methyl sites for hydroxylation is 2. The van der Waals surface area contributed by atoms with Gasteiger partial charge in [0.1, 0.15) is 5.75 Å². The van der Waals surface area contributed by atoms with Gasteiger partial charge < -0.3 is 4.74 Å². The molecule has 98 valence electrons. The van der Waals surface area contributed by atoms with Gasteiger partial charge in [0.05, 0.1) is 12.1 Å². The first-order valence-corrected chi connectivity index (χ1v) is 6.36. The monoisotopic (exact) mass is 274 g/mol. The van der Waals surface area contributed by atoms with Gasteiger partial charge in [0.2, 0.25) is 0 Å². The zero-order chi connectivity index (χ0) is 14.0. The molecule has 2 aromatic carbocycles. The minimum atomic E-state index is -0.0647. The van der Waals surface area contributed by atoms with Crippen molar-refractivity contribution >= 4 is 17.4 Å². The Hall–Kier alpha value is -1.80. The number of hydrogen-bond donors (Lipinski definition) is 0. The number of carbonyl (C=O) groups is 1. The lowest BCUT2D eigenvalue weighted by Gasteiger charge is -2.09. The molecular weight excluding hydrogens is 260 g/mol. The Bertz CT molecular complexity index is 633. The molecule has 0 aromatic heterocycles. The van der Waals surface area contributed by atoms with Gasteiger partial charge in [0.25, 0.3) is 0 Å². The molecule has 0 aliphatic carbocycles. The lowest BCUT2D eigenvalue weighted by atomic mass is 9.97. The number of ether oxygens (including phenoxy) is 1. The summed E-state index contributed by atoms with van der Waals surface area (Å²) in [5.41, 5.74) is 3.26. The van der Waals surface area contributed by atoms with Crippen LogP contribution in [-0.4, -0.2) is 12.9 Å². The van der Waals surface area contributed by atoms with Crippen molar-refractivity contribution < 1.29 is 9.53 Å². The van der Waals surface area contributed by atoms with E-state index in [2.05, 4.69) is 0 Å². The predicted octanol–water partition coefficient (Wildman–Crippen LogP) is 4.20. The molecule has 0 saturated heterocycles. The van der Waals surface area contributed by atoms with Crippen LogP contribution >= 0.6 is 11.6 Å². The van der Waals surface area contributed by atoms with Gasteiger partial charge >= 0.3 is 0 Å². The van der Waals surface area contributed by atoms with Gasteiger partial charge in [-0.15, -0.1) is 0 Å². The van der Waals surface area contributed by atoms with E-state index in [9.17, 15) is 4.79 Å². The van der Waals surface area contributed by atoms with Gasteiger partial charge in [-0.3, -0.25) is 4.79 Å². The second-order valence-electron chi connectivity index (χ2n) is 4.49. The zero-order valence-electron chi connectivity index (χ0n) is 11.2. The highest BCUT2D eigenvalue weighted by molar-refractivity contribution is 6.35. The van der Waals surface area contributed by atoms with Gasteiger partial charge in [0, 0.05) is 11.1 Å². The van der Waals surface area contributed by atoms with Crippen molar-refractivity contribution in [2.24, 2.45) is 0 Å². The van der Waals surface area contributed by atoms with Crippen LogP contribution in [0.15, 0.2) is 36.4 Å². The summed E-state index contributed by atoms with van der Waals surface area (Å²) >= 11 is 6.14. The fraction of sp³-hybridized carbons (Fsp3) is 0.188. The van der Waals surface area contributed by atoms with Crippen LogP contribution in [0.3, 0.4) is 0 Å². The number of halogens is 1. The number of hydrogen-bond acceptors (Lipinski definition) is 2. The van der Waals surface area contributed by atoms with E-state index in [0.717, 1.165) is 11.1 Å². The minimum Gasteiger partial charge on any atom is -0.497 e. The van der Waals surface area contributed by atoms with Crippen LogP contribution in [-0.2, 0) is 0 Å². The first kappa shape index (κ1) is 13.6. The molecule has 2 nitrogen and oxygen atoms in total. The SMILES string of the molecule is COc1ccc(C(=O)c2ccc(C)cc2C)c(Cl)c1. The van der Waals surface area contributed by atoms with Crippen LogP contribution in [0, 0.1) is 13.8 Å². The first-order chi connectivity index (χ1) is 9.02. The first-order valence-electron chi connectivity index (χ1n) is 5.98. The number of benzene rings is 2. The Morgan fingerprint density at radius 1 is 1.05 bits per heavy atom. The van der Waals surface area contributed by atoms with E-state index in [-0.39, 0.29) is 5.78 Å². The Morgan fingerprint density at radius 3 is 2.32 bits per heavy atom. The molecule has 0 fully saturated rings. The van der Waals surface area contributed by atoms with Gasteiger partial charge in [-0.1, -0.05) is 35.4 Å². The van der Waals surface area contributed by atoms with Crippen molar-refractivity contribution in [2.45, 2.75) is 13.8 Å². The molecule has 0 radical (unpaired) electrons. The zero-order valence-corrected chi connectivity index (χ0v) is 11.9. The van der Waals surface area contributed by atoms with E-state index in [0.29, 0.717) is 21.9 Å². The van der Waals surface area contributed by atoms with E-state index < -0.39 is 0 Å². The summed E-state index contributed by atoms with van der Waals surface area (Å²) in [6, 6.07) is 10.8. The number of methoxy groups -OCH3 is 1. The van der Waals surface area contributed by atoms with Crippen molar-refractivity contribution in [3.63, 3.8) is 0 Å². The summed E-state index contributed by atoms with van der Waals surface area (Å²) in [6.07, 6.45) is 0. The molecule has 3 heteroatoms. The molecular formula is C16H15ClO2. The second-order valence-corrected chi connectivity index (χ2v) is 4.90. The minimum absolute atomic E-state index is 0.0647. The maximum Gasteiger partial charge on any atom is 0.194 e. The molecule has 2 aromatic rings. The van der Waals surface area contributed by atoms with Gasteiger partial charge in [-0.25, -0.2) is 0 Å². The molecule has 0 atom stereocenters. The van der Waals surface area contributed by atoms with Crippen LogP contribution in [0.2, 0.25) is 5.02 Å². The van der Waals surface area contributed by atoms with Crippen molar-refractivity contribution in [3.05, 3.63) is 63.7 Å². The van der Waals surface area contributed by atoms with Crippen LogP contribution < -0.4 is 4.74 Å². The smallest absolute Gasteiger partial charge is 0.194 e. The molecule has 0 bridgehead atoms. The van der Waals surface area contributed by atoms with Crippen LogP contribution in [0.25, 0.3) is 0 Å². The average molecular weight is 275 g/mol. The van der Waals surface area contributed by atoms with Crippen molar-refractivity contribution in [3.8, 4) is 5.75 Å². The number of ketones is 1. The predicted molar refractivity (Wildman–Crippen MR) is 77.4 cm³/mol. The highest BCUT2D eigenvalue weighted by atomic mass is 35.5.